The Hall–Kier alpha value is -3.07. The van der Waals surface area contributed by atoms with E-state index in [2.05, 4.69) is 5.32 Å². The zero-order valence-electron chi connectivity index (χ0n) is 21.5. The molecule has 0 aliphatic carbocycles. The Balaban J connectivity index is 2.05. The van der Waals surface area contributed by atoms with Gasteiger partial charge in [-0.2, -0.15) is 0 Å². The average molecular weight is 577 g/mol. The summed E-state index contributed by atoms with van der Waals surface area (Å²) in [5, 5.41) is 3.73. The van der Waals surface area contributed by atoms with E-state index in [0.717, 1.165) is 9.87 Å². The summed E-state index contributed by atoms with van der Waals surface area (Å²) in [5.74, 6) is -0.852. The van der Waals surface area contributed by atoms with Crippen LogP contribution in [0.5, 0.6) is 0 Å². The lowest BCUT2D eigenvalue weighted by molar-refractivity contribution is -0.140. The molecule has 38 heavy (non-hydrogen) atoms. The number of nitrogens with zero attached hydrogens (tertiary/aromatic N) is 2. The van der Waals surface area contributed by atoms with Crippen molar-refractivity contribution in [3.05, 3.63) is 94.5 Å². The quantitative estimate of drug-likeness (QED) is 0.326. The van der Waals surface area contributed by atoms with Crippen molar-refractivity contribution in [3.63, 3.8) is 0 Å². The highest BCUT2D eigenvalue weighted by Gasteiger charge is 2.33. The molecule has 0 spiro atoms. The lowest BCUT2D eigenvalue weighted by Gasteiger charge is -2.33. The highest BCUT2D eigenvalue weighted by atomic mass is 35.5. The van der Waals surface area contributed by atoms with Gasteiger partial charge >= 0.3 is 0 Å². The number of carbonyl (C=O) groups excluding carboxylic acids is 2. The molecule has 202 valence electrons. The Morgan fingerprint density at radius 1 is 0.895 bits per heavy atom. The molecule has 0 saturated heterocycles. The molecule has 3 aromatic rings. The van der Waals surface area contributed by atoms with Gasteiger partial charge in [0.2, 0.25) is 11.8 Å². The molecular formula is C28H31Cl2N3O4S. The monoisotopic (exact) mass is 575 g/mol. The van der Waals surface area contributed by atoms with Crippen LogP contribution in [0.1, 0.15) is 32.8 Å². The third kappa shape index (κ3) is 7.49. The van der Waals surface area contributed by atoms with Crippen molar-refractivity contribution in [2.75, 3.05) is 10.8 Å². The van der Waals surface area contributed by atoms with Crippen molar-refractivity contribution in [3.8, 4) is 0 Å². The van der Waals surface area contributed by atoms with Crippen LogP contribution in [-0.2, 0) is 26.2 Å². The fourth-order valence-electron chi connectivity index (χ4n) is 3.97. The second-order valence-corrected chi connectivity index (χ2v) is 11.8. The topological polar surface area (TPSA) is 86.8 Å². The van der Waals surface area contributed by atoms with Crippen molar-refractivity contribution in [2.24, 2.45) is 0 Å². The normalized spacial score (nSPS) is 12.2. The van der Waals surface area contributed by atoms with E-state index >= 15 is 0 Å². The molecule has 0 heterocycles. The third-order valence-corrected chi connectivity index (χ3v) is 8.06. The van der Waals surface area contributed by atoms with Gasteiger partial charge in [-0.15, -0.1) is 0 Å². The first-order valence-corrected chi connectivity index (χ1v) is 14.4. The molecule has 3 aromatic carbocycles. The molecule has 0 aliphatic rings. The minimum atomic E-state index is -4.14. The maximum absolute atomic E-state index is 13.9. The number of nitrogens with one attached hydrogen (secondary N) is 1. The molecule has 0 aromatic heterocycles. The lowest BCUT2D eigenvalue weighted by atomic mass is 10.1. The minimum Gasteiger partial charge on any atom is -0.352 e. The Morgan fingerprint density at radius 2 is 1.55 bits per heavy atom. The number of hydrogen-bond acceptors (Lipinski definition) is 4. The zero-order valence-corrected chi connectivity index (χ0v) is 23.8. The van der Waals surface area contributed by atoms with Crippen LogP contribution in [0.15, 0.2) is 83.8 Å². The Bertz CT molecular complexity index is 1350. The van der Waals surface area contributed by atoms with Crippen LogP contribution in [0.25, 0.3) is 0 Å². The molecule has 7 nitrogen and oxygen atoms in total. The van der Waals surface area contributed by atoms with Gasteiger partial charge in [-0.3, -0.25) is 13.9 Å². The number of amides is 2. The van der Waals surface area contributed by atoms with Gasteiger partial charge in [0.15, 0.2) is 0 Å². The van der Waals surface area contributed by atoms with Gasteiger partial charge in [0.05, 0.1) is 10.6 Å². The van der Waals surface area contributed by atoms with Crippen LogP contribution in [-0.4, -0.2) is 43.8 Å². The average Bonchev–Trinajstić information content (AvgIpc) is 2.88. The van der Waals surface area contributed by atoms with Crippen LogP contribution >= 0.6 is 23.2 Å². The first-order valence-electron chi connectivity index (χ1n) is 12.2. The summed E-state index contributed by atoms with van der Waals surface area (Å²) in [6.07, 6.45) is 0.334. The summed E-state index contributed by atoms with van der Waals surface area (Å²) < 4.78 is 28.5. The standard InChI is InChI=1S/C28H31Cl2N3O4S/c1-4-26(28(35)31-20(2)3)32(18-21-13-15-22(29)16-14-21)27(34)19-33(24-10-8-9-23(30)17-24)38(36,37)25-11-6-5-7-12-25/h5-17,20,26H,4,18-19H2,1-3H3,(H,31,35)/t26-/m1/s1. The number of carbonyl (C=O) groups is 2. The highest BCUT2D eigenvalue weighted by Crippen LogP contribution is 2.27. The van der Waals surface area contributed by atoms with Crippen molar-refractivity contribution in [2.45, 2.75) is 50.7 Å². The molecule has 1 N–H and O–H groups in total. The SMILES string of the molecule is CC[C@H](C(=O)NC(C)C)N(Cc1ccc(Cl)cc1)C(=O)CN(c1cccc(Cl)c1)S(=O)(=O)c1ccccc1. The molecular weight excluding hydrogens is 545 g/mol. The maximum atomic E-state index is 13.9. The van der Waals surface area contributed by atoms with Crippen LogP contribution in [0.3, 0.4) is 0 Å². The van der Waals surface area contributed by atoms with Crippen molar-refractivity contribution in [1.82, 2.24) is 10.2 Å². The Kier molecular flexibility index (Phi) is 10.2. The summed E-state index contributed by atoms with van der Waals surface area (Å²) >= 11 is 12.2. The molecule has 1 atom stereocenters. The van der Waals surface area contributed by atoms with Crippen LogP contribution in [0.4, 0.5) is 5.69 Å². The van der Waals surface area contributed by atoms with Crippen molar-refractivity contribution >= 4 is 50.7 Å². The molecule has 0 radical (unpaired) electrons. The molecule has 10 heteroatoms. The molecule has 3 rings (SSSR count). The fraction of sp³-hybridized carbons (Fsp3) is 0.286. The molecule has 0 unspecified atom stereocenters. The second kappa shape index (κ2) is 13.1. The van der Waals surface area contributed by atoms with Gasteiger partial charge in [0, 0.05) is 22.6 Å². The molecule has 0 bridgehead atoms. The number of rotatable bonds is 11. The van der Waals surface area contributed by atoms with Crippen LogP contribution < -0.4 is 9.62 Å². The van der Waals surface area contributed by atoms with E-state index in [9.17, 15) is 18.0 Å². The minimum absolute atomic E-state index is 0.0293. The van der Waals surface area contributed by atoms with Gasteiger partial charge in [-0.05, 0) is 68.3 Å². The van der Waals surface area contributed by atoms with E-state index in [1.165, 1.54) is 23.1 Å². The third-order valence-electron chi connectivity index (χ3n) is 5.79. The first kappa shape index (κ1) is 29.5. The van der Waals surface area contributed by atoms with Crippen LogP contribution in [0, 0.1) is 0 Å². The fourth-order valence-corrected chi connectivity index (χ4v) is 5.70. The number of benzene rings is 3. The summed E-state index contributed by atoms with van der Waals surface area (Å²) in [6, 6.07) is 20.2. The lowest BCUT2D eigenvalue weighted by Crippen LogP contribution is -2.53. The van der Waals surface area contributed by atoms with E-state index in [0.29, 0.717) is 16.5 Å². The zero-order chi connectivity index (χ0) is 27.9. The van der Waals surface area contributed by atoms with E-state index in [1.807, 2.05) is 20.8 Å². The number of anilines is 1. The van der Waals surface area contributed by atoms with E-state index in [-0.39, 0.29) is 29.1 Å². The smallest absolute Gasteiger partial charge is 0.264 e. The van der Waals surface area contributed by atoms with E-state index in [1.54, 1.807) is 60.7 Å². The van der Waals surface area contributed by atoms with Crippen LogP contribution in [0.2, 0.25) is 10.0 Å². The van der Waals surface area contributed by atoms with E-state index in [4.69, 9.17) is 23.2 Å². The van der Waals surface area contributed by atoms with Crippen molar-refractivity contribution < 1.29 is 18.0 Å². The predicted molar refractivity (Wildman–Crippen MR) is 152 cm³/mol. The summed E-state index contributed by atoms with van der Waals surface area (Å²) in [7, 11) is -4.14. The van der Waals surface area contributed by atoms with E-state index < -0.39 is 28.5 Å². The van der Waals surface area contributed by atoms with Gasteiger partial charge < -0.3 is 10.2 Å². The molecule has 0 aliphatic heterocycles. The predicted octanol–water partition coefficient (Wildman–Crippen LogP) is 5.52. The number of halogens is 2. The summed E-state index contributed by atoms with van der Waals surface area (Å²) in [5.41, 5.74) is 0.986. The van der Waals surface area contributed by atoms with Crippen molar-refractivity contribution in [1.29, 1.82) is 0 Å². The summed E-state index contributed by atoms with van der Waals surface area (Å²) in [4.78, 5) is 28.5. The number of sulfonamides is 1. The number of hydrogen-bond donors (Lipinski definition) is 1. The summed E-state index contributed by atoms with van der Waals surface area (Å²) in [6.45, 7) is 5.04. The molecule has 2 amide bonds. The maximum Gasteiger partial charge on any atom is 0.264 e. The first-order chi connectivity index (χ1) is 18.0. The highest BCUT2D eigenvalue weighted by molar-refractivity contribution is 7.92. The van der Waals surface area contributed by atoms with Gasteiger partial charge in [0.1, 0.15) is 12.6 Å². The molecule has 0 saturated carbocycles. The van der Waals surface area contributed by atoms with Gasteiger partial charge in [-0.25, -0.2) is 8.42 Å². The molecule has 0 fully saturated rings. The van der Waals surface area contributed by atoms with Gasteiger partial charge in [0.25, 0.3) is 10.0 Å². The second-order valence-electron chi connectivity index (χ2n) is 9.04. The largest absolute Gasteiger partial charge is 0.352 e. The Morgan fingerprint density at radius 3 is 2.13 bits per heavy atom. The Labute approximate surface area is 234 Å². The van der Waals surface area contributed by atoms with Gasteiger partial charge in [-0.1, -0.05) is 66.5 Å².